The fraction of sp³-hybridized carbons (Fsp3) is 0.524. The molecule has 2 aliphatic rings. The van der Waals surface area contributed by atoms with Gasteiger partial charge in [0.1, 0.15) is 5.82 Å². The van der Waals surface area contributed by atoms with Crippen LogP contribution in [0.3, 0.4) is 0 Å². The third-order valence-corrected chi connectivity index (χ3v) is 5.79. The number of nitrogens with one attached hydrogen (secondary N) is 1. The first-order valence-corrected chi connectivity index (χ1v) is 10.0. The van der Waals surface area contributed by atoms with E-state index in [1.54, 1.807) is 18.3 Å². The van der Waals surface area contributed by atoms with Crippen molar-refractivity contribution in [2.24, 2.45) is 0 Å². The van der Waals surface area contributed by atoms with Gasteiger partial charge in [-0.2, -0.15) is 5.10 Å². The number of carbonyl (C=O) groups is 1. The molecule has 3 heterocycles. The maximum absolute atomic E-state index is 13.3. The van der Waals surface area contributed by atoms with Crippen LogP contribution in [0.2, 0.25) is 0 Å². The van der Waals surface area contributed by atoms with Crippen molar-refractivity contribution in [2.45, 2.75) is 44.6 Å². The lowest BCUT2D eigenvalue weighted by Crippen LogP contribution is -2.40. The van der Waals surface area contributed by atoms with Crippen LogP contribution in [0.25, 0.3) is 11.1 Å². The fourth-order valence-corrected chi connectivity index (χ4v) is 4.35. The SMILES string of the molecule is O=C(CN1CCCCCC1)N1CCC[C@@H]1c1[nH]ncc1-c1ccc(F)cc1. The number of rotatable bonds is 4. The summed E-state index contributed by atoms with van der Waals surface area (Å²) in [7, 11) is 0. The van der Waals surface area contributed by atoms with Crippen LogP contribution < -0.4 is 0 Å². The molecule has 2 fully saturated rings. The summed E-state index contributed by atoms with van der Waals surface area (Å²) in [6, 6.07) is 6.47. The molecule has 27 heavy (non-hydrogen) atoms. The number of benzene rings is 1. The Balaban J connectivity index is 1.51. The molecule has 2 aromatic rings. The number of H-pyrrole nitrogens is 1. The third kappa shape index (κ3) is 4.05. The molecule has 1 amide bonds. The number of aromatic nitrogens is 2. The van der Waals surface area contributed by atoms with Crippen molar-refractivity contribution in [3.63, 3.8) is 0 Å². The minimum absolute atomic E-state index is 0.0204. The zero-order chi connectivity index (χ0) is 18.6. The summed E-state index contributed by atoms with van der Waals surface area (Å²) in [5.74, 6) is -0.0435. The lowest BCUT2D eigenvalue weighted by atomic mass is 10.0. The summed E-state index contributed by atoms with van der Waals surface area (Å²) in [5, 5.41) is 7.33. The van der Waals surface area contributed by atoms with Gasteiger partial charge in [0.05, 0.1) is 24.5 Å². The van der Waals surface area contributed by atoms with E-state index in [9.17, 15) is 9.18 Å². The van der Waals surface area contributed by atoms with Crippen molar-refractivity contribution in [2.75, 3.05) is 26.2 Å². The average molecular weight is 370 g/mol. The molecule has 0 aliphatic carbocycles. The lowest BCUT2D eigenvalue weighted by molar-refractivity contribution is -0.133. The fourth-order valence-electron chi connectivity index (χ4n) is 4.35. The standard InChI is InChI=1S/C21H27FN4O/c22-17-9-7-16(8-10-17)18-14-23-24-21(18)19-6-5-13-26(19)20(27)15-25-11-3-1-2-4-12-25/h7-10,14,19H,1-6,11-13,15H2,(H,23,24)/t19-/m1/s1. The number of halogens is 1. The summed E-state index contributed by atoms with van der Waals surface area (Å²) in [4.78, 5) is 17.3. The number of nitrogens with zero attached hydrogens (tertiary/aromatic N) is 3. The zero-order valence-corrected chi connectivity index (χ0v) is 15.7. The Morgan fingerprint density at radius 2 is 1.81 bits per heavy atom. The van der Waals surface area contributed by atoms with Gasteiger partial charge in [-0.15, -0.1) is 0 Å². The van der Waals surface area contributed by atoms with Crippen LogP contribution in [0.15, 0.2) is 30.5 Å². The molecule has 1 aromatic carbocycles. The molecule has 6 heteroatoms. The van der Waals surface area contributed by atoms with Crippen molar-refractivity contribution in [1.29, 1.82) is 0 Å². The van der Waals surface area contributed by atoms with Crippen LogP contribution >= 0.6 is 0 Å². The van der Waals surface area contributed by atoms with Crippen LogP contribution in [0.5, 0.6) is 0 Å². The van der Waals surface area contributed by atoms with Crippen molar-refractivity contribution < 1.29 is 9.18 Å². The average Bonchev–Trinajstić information content (AvgIpc) is 3.27. The lowest BCUT2D eigenvalue weighted by Gasteiger charge is -2.28. The molecule has 4 rings (SSSR count). The summed E-state index contributed by atoms with van der Waals surface area (Å²) >= 11 is 0. The summed E-state index contributed by atoms with van der Waals surface area (Å²) < 4.78 is 13.3. The predicted octanol–water partition coefficient (Wildman–Crippen LogP) is 3.76. The molecule has 0 saturated carbocycles. The zero-order valence-electron chi connectivity index (χ0n) is 15.7. The summed E-state index contributed by atoms with van der Waals surface area (Å²) in [6.07, 6.45) is 8.62. The van der Waals surface area contributed by atoms with Crippen molar-refractivity contribution >= 4 is 5.91 Å². The molecular formula is C21H27FN4O. The minimum Gasteiger partial charge on any atom is -0.333 e. The van der Waals surface area contributed by atoms with Gasteiger partial charge in [0.25, 0.3) is 0 Å². The van der Waals surface area contributed by atoms with E-state index in [2.05, 4.69) is 15.1 Å². The molecule has 0 bridgehead atoms. The smallest absolute Gasteiger partial charge is 0.237 e. The van der Waals surface area contributed by atoms with E-state index in [1.807, 2.05) is 4.90 Å². The first-order valence-electron chi connectivity index (χ1n) is 10.0. The number of carbonyl (C=O) groups excluding carboxylic acids is 1. The largest absolute Gasteiger partial charge is 0.333 e. The Kier molecular flexibility index (Phi) is 5.53. The summed E-state index contributed by atoms with van der Waals surface area (Å²) in [6.45, 7) is 3.35. The monoisotopic (exact) mass is 370 g/mol. The minimum atomic E-state index is -0.251. The van der Waals surface area contributed by atoms with Gasteiger partial charge in [-0.25, -0.2) is 4.39 Å². The first kappa shape index (κ1) is 18.2. The molecule has 0 spiro atoms. The van der Waals surface area contributed by atoms with E-state index >= 15 is 0 Å². The topological polar surface area (TPSA) is 52.2 Å². The van der Waals surface area contributed by atoms with E-state index in [4.69, 9.17) is 0 Å². The van der Waals surface area contributed by atoms with Crippen molar-refractivity contribution in [1.82, 2.24) is 20.0 Å². The highest BCUT2D eigenvalue weighted by Gasteiger charge is 2.33. The Morgan fingerprint density at radius 1 is 1.07 bits per heavy atom. The Bertz CT molecular complexity index is 765. The molecule has 1 atom stereocenters. The highest BCUT2D eigenvalue weighted by atomic mass is 19.1. The summed E-state index contributed by atoms with van der Waals surface area (Å²) in [5.41, 5.74) is 2.84. The van der Waals surface area contributed by atoms with Gasteiger partial charge < -0.3 is 4.90 Å². The van der Waals surface area contributed by atoms with Crippen LogP contribution in [0.1, 0.15) is 50.3 Å². The van der Waals surface area contributed by atoms with Gasteiger partial charge in [0.15, 0.2) is 0 Å². The van der Waals surface area contributed by atoms with Crippen molar-refractivity contribution in [3.05, 3.63) is 42.0 Å². The van der Waals surface area contributed by atoms with Crippen LogP contribution in [-0.4, -0.2) is 52.1 Å². The maximum atomic E-state index is 13.3. The molecule has 2 saturated heterocycles. The first-order chi connectivity index (χ1) is 13.2. The van der Waals surface area contributed by atoms with Crippen LogP contribution in [0, 0.1) is 5.82 Å². The molecule has 1 aromatic heterocycles. The Labute approximate surface area is 159 Å². The second-order valence-electron chi connectivity index (χ2n) is 7.64. The number of amides is 1. The van der Waals surface area contributed by atoms with Crippen molar-refractivity contribution in [3.8, 4) is 11.1 Å². The normalized spacial score (nSPS) is 21.4. The van der Waals surface area contributed by atoms with E-state index in [-0.39, 0.29) is 17.8 Å². The highest BCUT2D eigenvalue weighted by Crippen LogP contribution is 2.36. The Morgan fingerprint density at radius 3 is 2.56 bits per heavy atom. The van der Waals surface area contributed by atoms with E-state index in [1.165, 1.54) is 37.8 Å². The number of hydrogen-bond acceptors (Lipinski definition) is 3. The molecule has 0 unspecified atom stereocenters. The third-order valence-electron chi connectivity index (χ3n) is 5.79. The predicted molar refractivity (Wildman–Crippen MR) is 103 cm³/mol. The van der Waals surface area contributed by atoms with Crippen LogP contribution in [0.4, 0.5) is 4.39 Å². The molecule has 2 aliphatic heterocycles. The second kappa shape index (κ2) is 8.21. The number of likely N-dealkylation sites (tertiary alicyclic amines) is 2. The molecule has 144 valence electrons. The maximum Gasteiger partial charge on any atom is 0.237 e. The Hall–Kier alpha value is -2.21. The van der Waals surface area contributed by atoms with Gasteiger partial charge in [-0.1, -0.05) is 25.0 Å². The van der Waals surface area contributed by atoms with Gasteiger partial charge >= 0.3 is 0 Å². The van der Waals surface area contributed by atoms with Crippen LogP contribution in [-0.2, 0) is 4.79 Å². The number of aromatic amines is 1. The quantitative estimate of drug-likeness (QED) is 0.892. The molecule has 5 nitrogen and oxygen atoms in total. The number of hydrogen-bond donors (Lipinski definition) is 1. The molecule has 0 radical (unpaired) electrons. The highest BCUT2D eigenvalue weighted by molar-refractivity contribution is 5.79. The molecule has 1 N–H and O–H groups in total. The van der Waals surface area contributed by atoms with Gasteiger partial charge in [-0.3, -0.25) is 14.8 Å². The molecular weight excluding hydrogens is 343 g/mol. The second-order valence-corrected chi connectivity index (χ2v) is 7.64. The van der Waals surface area contributed by atoms with Gasteiger partial charge in [0.2, 0.25) is 5.91 Å². The van der Waals surface area contributed by atoms with Gasteiger partial charge in [-0.05, 0) is 56.5 Å². The van der Waals surface area contributed by atoms with E-state index < -0.39 is 0 Å². The van der Waals surface area contributed by atoms with E-state index in [0.717, 1.165) is 49.3 Å². The van der Waals surface area contributed by atoms with Gasteiger partial charge in [0, 0.05) is 12.1 Å². The van der Waals surface area contributed by atoms with E-state index in [0.29, 0.717) is 6.54 Å².